The quantitative estimate of drug-likeness (QED) is 0.428. The number of piperidine rings is 1. The third kappa shape index (κ3) is 4.59. The smallest absolute Gasteiger partial charge is 0.172 e. The molecule has 0 aromatic carbocycles. The zero-order valence-corrected chi connectivity index (χ0v) is 14.9. The number of allylic oxidation sites excluding steroid dienone is 2. The molecule has 4 nitrogen and oxygen atoms in total. The van der Waals surface area contributed by atoms with Gasteiger partial charge in [-0.15, -0.1) is 0 Å². The fraction of sp³-hybridized carbons (Fsp3) is 0.789. The molecule has 0 spiro atoms. The molecule has 0 aromatic heterocycles. The minimum absolute atomic E-state index is 0.263. The number of hydrogen-bond donors (Lipinski definition) is 2. The van der Waals surface area contributed by atoms with Gasteiger partial charge in [0.05, 0.1) is 11.6 Å². The molecule has 1 saturated heterocycles. The molecule has 1 aliphatic heterocycles. The fourth-order valence-electron chi connectivity index (χ4n) is 3.99. The van der Waals surface area contributed by atoms with E-state index in [4.69, 9.17) is 9.47 Å². The molecule has 2 N–H and O–H groups in total. The van der Waals surface area contributed by atoms with Crippen LogP contribution in [0.4, 0.5) is 0 Å². The van der Waals surface area contributed by atoms with E-state index in [0.29, 0.717) is 18.4 Å². The Balaban J connectivity index is 1.97. The van der Waals surface area contributed by atoms with Gasteiger partial charge in [0.1, 0.15) is 5.76 Å². The molecule has 132 valence electrons. The molecule has 1 aliphatic carbocycles. The largest absolute Gasteiger partial charge is 0.491 e. The van der Waals surface area contributed by atoms with Crippen molar-refractivity contribution in [2.45, 2.75) is 70.8 Å². The van der Waals surface area contributed by atoms with Gasteiger partial charge in [-0.25, -0.2) is 0 Å². The van der Waals surface area contributed by atoms with Crippen LogP contribution < -0.4 is 5.32 Å². The monoisotopic (exact) mass is 323 g/mol. The molecule has 2 aliphatic rings. The predicted molar refractivity (Wildman–Crippen MR) is 92.9 cm³/mol. The lowest BCUT2D eigenvalue weighted by molar-refractivity contribution is -0.162. The van der Waals surface area contributed by atoms with Crippen molar-refractivity contribution in [2.24, 2.45) is 11.8 Å². The molecule has 2 fully saturated rings. The molecule has 0 radical (unpaired) electrons. The van der Waals surface area contributed by atoms with E-state index >= 15 is 0 Å². The predicted octanol–water partition coefficient (Wildman–Crippen LogP) is 3.37. The number of aliphatic hydroxyl groups is 1. The van der Waals surface area contributed by atoms with Gasteiger partial charge in [-0.3, -0.25) is 0 Å². The van der Waals surface area contributed by atoms with E-state index in [2.05, 4.69) is 31.8 Å². The summed E-state index contributed by atoms with van der Waals surface area (Å²) in [6, 6.07) is 0. The van der Waals surface area contributed by atoms with Crippen LogP contribution in [0.15, 0.2) is 24.5 Å². The summed E-state index contributed by atoms with van der Waals surface area (Å²) in [5.41, 5.74) is -0.362. The van der Waals surface area contributed by atoms with Crippen LogP contribution in [0.3, 0.4) is 0 Å². The van der Waals surface area contributed by atoms with Crippen LogP contribution in [0, 0.1) is 11.8 Å². The standard InChI is InChI=1S/C19H33NO3/c1-5-8-16(6-2)23-17-10-9-14-13-20-19(4,12-15(14)11-17)18(21)22-7-3/h6,8,14-15,17-18,20-21H,2,5,7,9-13H2,1,3-4H3/b16-8+/t14-,15+,17-,18?,19?/m0/s1. The Labute approximate surface area is 140 Å². The first-order chi connectivity index (χ1) is 11.0. The Morgan fingerprint density at radius 2 is 2.17 bits per heavy atom. The maximum Gasteiger partial charge on any atom is 0.172 e. The zero-order chi connectivity index (χ0) is 16.9. The molecule has 4 heteroatoms. The third-order valence-corrected chi connectivity index (χ3v) is 5.32. The average Bonchev–Trinajstić information content (AvgIpc) is 2.54. The number of ether oxygens (including phenoxy) is 2. The van der Waals surface area contributed by atoms with Gasteiger partial charge in [-0.2, -0.15) is 0 Å². The summed E-state index contributed by atoms with van der Waals surface area (Å²) >= 11 is 0. The maximum absolute atomic E-state index is 10.3. The highest BCUT2D eigenvalue weighted by atomic mass is 16.6. The molecular formula is C19H33NO3. The van der Waals surface area contributed by atoms with Crippen molar-refractivity contribution in [2.75, 3.05) is 13.2 Å². The van der Waals surface area contributed by atoms with Crippen LogP contribution in [-0.2, 0) is 9.47 Å². The van der Waals surface area contributed by atoms with Crippen LogP contribution in [0.1, 0.15) is 52.9 Å². The Morgan fingerprint density at radius 3 is 2.83 bits per heavy atom. The summed E-state index contributed by atoms with van der Waals surface area (Å²) in [7, 11) is 0. The average molecular weight is 323 g/mol. The lowest BCUT2D eigenvalue weighted by atomic mass is 9.69. The number of rotatable bonds is 7. The topological polar surface area (TPSA) is 50.7 Å². The van der Waals surface area contributed by atoms with Crippen LogP contribution >= 0.6 is 0 Å². The van der Waals surface area contributed by atoms with E-state index < -0.39 is 6.29 Å². The molecule has 0 amide bonds. The van der Waals surface area contributed by atoms with E-state index in [1.54, 1.807) is 6.08 Å². The van der Waals surface area contributed by atoms with Crippen molar-refractivity contribution >= 4 is 0 Å². The summed E-state index contributed by atoms with van der Waals surface area (Å²) in [5, 5.41) is 13.8. The van der Waals surface area contributed by atoms with E-state index in [0.717, 1.165) is 38.0 Å². The zero-order valence-electron chi connectivity index (χ0n) is 14.9. The lowest BCUT2D eigenvalue weighted by Crippen LogP contribution is -2.60. The van der Waals surface area contributed by atoms with Crippen LogP contribution in [0.2, 0.25) is 0 Å². The number of aliphatic hydroxyl groups excluding tert-OH is 1. The van der Waals surface area contributed by atoms with Crippen molar-refractivity contribution in [3.63, 3.8) is 0 Å². The SMILES string of the molecule is C=C/C(=C\CC)O[C@H]1CC[C@H]2CNC(C)(C(O)OCC)C[C@H]2C1. The molecular weight excluding hydrogens is 290 g/mol. The van der Waals surface area contributed by atoms with E-state index in [1.807, 2.05) is 6.92 Å². The van der Waals surface area contributed by atoms with E-state index in [-0.39, 0.29) is 11.6 Å². The molecule has 1 saturated carbocycles. The highest BCUT2D eigenvalue weighted by Gasteiger charge is 2.44. The number of nitrogens with one attached hydrogen (secondary N) is 1. The minimum atomic E-state index is -0.751. The molecule has 5 atom stereocenters. The number of hydrogen-bond acceptors (Lipinski definition) is 4. The van der Waals surface area contributed by atoms with Crippen molar-refractivity contribution in [3.05, 3.63) is 24.5 Å². The molecule has 0 aromatic rings. The Kier molecular flexibility index (Phi) is 6.69. The molecule has 2 rings (SSSR count). The van der Waals surface area contributed by atoms with Crippen molar-refractivity contribution in [1.82, 2.24) is 5.32 Å². The second-order valence-electron chi connectivity index (χ2n) is 7.10. The van der Waals surface area contributed by atoms with E-state index in [9.17, 15) is 5.11 Å². The summed E-state index contributed by atoms with van der Waals surface area (Å²) in [6.45, 7) is 11.4. The molecule has 23 heavy (non-hydrogen) atoms. The van der Waals surface area contributed by atoms with E-state index in [1.165, 1.54) is 6.42 Å². The van der Waals surface area contributed by atoms with Crippen molar-refractivity contribution in [3.8, 4) is 0 Å². The second-order valence-corrected chi connectivity index (χ2v) is 7.10. The first-order valence-corrected chi connectivity index (χ1v) is 9.06. The van der Waals surface area contributed by atoms with Gasteiger partial charge < -0.3 is 19.9 Å². The van der Waals surface area contributed by atoms with Gasteiger partial charge in [0.25, 0.3) is 0 Å². The van der Waals surface area contributed by atoms with Gasteiger partial charge in [-0.1, -0.05) is 13.5 Å². The first-order valence-electron chi connectivity index (χ1n) is 9.06. The van der Waals surface area contributed by atoms with Crippen LogP contribution in [0.5, 0.6) is 0 Å². The van der Waals surface area contributed by atoms with Gasteiger partial charge in [0.2, 0.25) is 0 Å². The minimum Gasteiger partial charge on any atom is -0.491 e. The van der Waals surface area contributed by atoms with Gasteiger partial charge in [-0.05, 0) is 76.5 Å². The first kappa shape index (κ1) is 18.5. The highest BCUT2D eigenvalue weighted by molar-refractivity contribution is 5.09. The highest BCUT2D eigenvalue weighted by Crippen LogP contribution is 2.41. The lowest BCUT2D eigenvalue weighted by Gasteiger charge is -2.48. The molecule has 2 unspecified atom stereocenters. The summed E-state index contributed by atoms with van der Waals surface area (Å²) < 4.78 is 11.6. The van der Waals surface area contributed by atoms with Gasteiger partial charge in [0, 0.05) is 6.61 Å². The summed E-state index contributed by atoms with van der Waals surface area (Å²) in [6.07, 6.45) is 8.63. The molecule has 1 heterocycles. The van der Waals surface area contributed by atoms with Crippen LogP contribution in [-0.4, -0.2) is 36.2 Å². The molecule has 0 bridgehead atoms. The Hall–Kier alpha value is -0.840. The summed E-state index contributed by atoms with van der Waals surface area (Å²) in [4.78, 5) is 0. The normalized spacial score (nSPS) is 36.2. The Bertz CT molecular complexity index is 423. The van der Waals surface area contributed by atoms with Crippen LogP contribution in [0.25, 0.3) is 0 Å². The number of fused-ring (bicyclic) bond motifs is 1. The summed E-state index contributed by atoms with van der Waals surface area (Å²) in [5.74, 6) is 2.16. The second kappa shape index (κ2) is 8.32. The van der Waals surface area contributed by atoms with Gasteiger partial charge >= 0.3 is 0 Å². The fourth-order valence-corrected chi connectivity index (χ4v) is 3.99. The van der Waals surface area contributed by atoms with Gasteiger partial charge in [0.15, 0.2) is 6.29 Å². The third-order valence-electron chi connectivity index (χ3n) is 5.32. The maximum atomic E-state index is 10.3. The van der Waals surface area contributed by atoms with Crippen molar-refractivity contribution < 1.29 is 14.6 Å². The van der Waals surface area contributed by atoms with Crippen molar-refractivity contribution in [1.29, 1.82) is 0 Å². The Morgan fingerprint density at radius 1 is 1.39 bits per heavy atom.